The van der Waals surface area contributed by atoms with Gasteiger partial charge in [0.05, 0.1) is 5.71 Å². The number of hydrogen-bond acceptors (Lipinski definition) is 2. The van der Waals surface area contributed by atoms with Gasteiger partial charge in [-0.3, -0.25) is 4.99 Å². The molecule has 0 spiro atoms. The van der Waals surface area contributed by atoms with Crippen molar-refractivity contribution in [2.75, 3.05) is 25.0 Å². The minimum Gasteiger partial charge on any atom is -0.375 e. The van der Waals surface area contributed by atoms with E-state index in [0.717, 1.165) is 18.8 Å². The molecule has 2 aliphatic rings. The summed E-state index contributed by atoms with van der Waals surface area (Å²) in [6.07, 6.45) is 8.90. The van der Waals surface area contributed by atoms with Crippen LogP contribution in [0.5, 0.6) is 0 Å². The van der Waals surface area contributed by atoms with Crippen LogP contribution in [0.1, 0.15) is 38.8 Å². The molecule has 0 atom stereocenters. The lowest BCUT2D eigenvalue weighted by atomic mass is 9.67. The van der Waals surface area contributed by atoms with Gasteiger partial charge in [-0.15, -0.1) is 0 Å². The van der Waals surface area contributed by atoms with Crippen molar-refractivity contribution in [3.8, 4) is 0 Å². The van der Waals surface area contributed by atoms with Crippen LogP contribution in [0.4, 0.5) is 5.69 Å². The van der Waals surface area contributed by atoms with Gasteiger partial charge >= 0.3 is 0 Å². The van der Waals surface area contributed by atoms with Gasteiger partial charge in [-0.1, -0.05) is 26.0 Å². The van der Waals surface area contributed by atoms with Gasteiger partial charge in [-0.2, -0.15) is 0 Å². The third kappa shape index (κ3) is 2.67. The third-order valence-corrected chi connectivity index (χ3v) is 4.99. The molecule has 0 N–H and O–H groups in total. The summed E-state index contributed by atoms with van der Waals surface area (Å²) < 4.78 is 0. The van der Waals surface area contributed by atoms with E-state index in [1.807, 2.05) is 0 Å². The van der Waals surface area contributed by atoms with Crippen molar-refractivity contribution in [1.82, 2.24) is 0 Å². The number of aliphatic imine (C=N–C) groups is 1. The Morgan fingerprint density at radius 3 is 2.57 bits per heavy atom. The number of benzene rings is 1. The zero-order valence-corrected chi connectivity index (χ0v) is 14.9. The lowest BCUT2D eigenvalue weighted by Gasteiger charge is -2.37. The Morgan fingerprint density at radius 1 is 1.09 bits per heavy atom. The Labute approximate surface area is 139 Å². The second-order valence-electron chi connectivity index (χ2n) is 6.80. The number of rotatable bonds is 3. The van der Waals surface area contributed by atoms with E-state index in [0.29, 0.717) is 0 Å². The molecule has 2 aliphatic carbocycles. The Balaban J connectivity index is 2.14. The van der Waals surface area contributed by atoms with Crippen molar-refractivity contribution >= 4 is 17.5 Å². The quantitative estimate of drug-likeness (QED) is 0.785. The molecular weight excluding hydrogens is 280 g/mol. The molecule has 0 fully saturated rings. The van der Waals surface area contributed by atoms with Crippen LogP contribution >= 0.6 is 0 Å². The van der Waals surface area contributed by atoms with Crippen molar-refractivity contribution in [1.29, 1.82) is 0 Å². The van der Waals surface area contributed by atoms with E-state index in [-0.39, 0.29) is 5.41 Å². The smallest absolute Gasteiger partial charge is 0.0577 e. The molecule has 2 nitrogen and oxygen atoms in total. The van der Waals surface area contributed by atoms with Gasteiger partial charge in [0.25, 0.3) is 0 Å². The average Bonchev–Trinajstić information content (AvgIpc) is 2.55. The molecule has 23 heavy (non-hydrogen) atoms. The molecule has 0 amide bonds. The van der Waals surface area contributed by atoms with Gasteiger partial charge < -0.3 is 4.90 Å². The first kappa shape index (κ1) is 15.8. The molecule has 3 rings (SSSR count). The fraction of sp³-hybridized carbons (Fsp3) is 0.381. The Morgan fingerprint density at radius 2 is 1.87 bits per heavy atom. The van der Waals surface area contributed by atoms with Crippen LogP contribution in [0.25, 0.3) is 6.08 Å². The fourth-order valence-electron chi connectivity index (χ4n) is 3.44. The first-order valence-corrected chi connectivity index (χ1v) is 8.49. The van der Waals surface area contributed by atoms with Crippen LogP contribution in [-0.4, -0.2) is 25.8 Å². The van der Waals surface area contributed by atoms with E-state index >= 15 is 0 Å². The van der Waals surface area contributed by atoms with Crippen LogP contribution in [-0.2, 0) is 5.41 Å². The van der Waals surface area contributed by atoms with Crippen molar-refractivity contribution in [3.05, 3.63) is 58.7 Å². The lowest BCUT2D eigenvalue weighted by molar-refractivity contribution is 0.627. The monoisotopic (exact) mass is 306 g/mol. The molecule has 0 bridgehead atoms. The second-order valence-corrected chi connectivity index (χ2v) is 6.80. The van der Waals surface area contributed by atoms with Gasteiger partial charge in [0.1, 0.15) is 0 Å². The molecular formula is C21H26N2. The predicted octanol–water partition coefficient (Wildman–Crippen LogP) is 4.77. The van der Waals surface area contributed by atoms with Gasteiger partial charge in [-0.25, -0.2) is 0 Å². The minimum absolute atomic E-state index is 0.0106. The molecule has 120 valence electrons. The zero-order chi connectivity index (χ0) is 16.6. The first-order valence-electron chi connectivity index (χ1n) is 8.49. The highest BCUT2D eigenvalue weighted by atomic mass is 15.1. The van der Waals surface area contributed by atoms with Crippen LogP contribution < -0.4 is 4.90 Å². The maximum Gasteiger partial charge on any atom is 0.0577 e. The molecule has 1 aromatic carbocycles. The van der Waals surface area contributed by atoms with Crippen LogP contribution in [0, 0.1) is 0 Å². The highest BCUT2D eigenvalue weighted by molar-refractivity contribution is 6.08. The average molecular weight is 306 g/mol. The molecule has 1 aromatic rings. The Kier molecular flexibility index (Phi) is 4.01. The lowest BCUT2D eigenvalue weighted by Crippen LogP contribution is -2.28. The summed E-state index contributed by atoms with van der Waals surface area (Å²) >= 11 is 0. The molecule has 0 heterocycles. The third-order valence-electron chi connectivity index (χ3n) is 4.99. The molecule has 0 aromatic heterocycles. The van der Waals surface area contributed by atoms with E-state index in [1.165, 1.54) is 28.0 Å². The molecule has 2 heteroatoms. The summed E-state index contributed by atoms with van der Waals surface area (Å²) in [5, 5.41) is 0. The predicted molar refractivity (Wildman–Crippen MR) is 102 cm³/mol. The number of anilines is 1. The maximum atomic E-state index is 4.57. The molecule has 0 unspecified atom stereocenters. The topological polar surface area (TPSA) is 15.6 Å². The van der Waals surface area contributed by atoms with E-state index in [1.54, 1.807) is 0 Å². The summed E-state index contributed by atoms with van der Waals surface area (Å²) in [6, 6.07) is 6.83. The van der Waals surface area contributed by atoms with Crippen molar-refractivity contribution in [3.63, 3.8) is 0 Å². The summed E-state index contributed by atoms with van der Waals surface area (Å²) in [5.74, 6) is 0. The first-order chi connectivity index (χ1) is 11.0. The number of nitrogens with zero attached hydrogens (tertiary/aromatic N) is 2. The van der Waals surface area contributed by atoms with E-state index < -0.39 is 0 Å². The highest BCUT2D eigenvalue weighted by Crippen LogP contribution is 2.45. The van der Waals surface area contributed by atoms with Crippen molar-refractivity contribution < 1.29 is 0 Å². The van der Waals surface area contributed by atoms with Crippen LogP contribution in [0.3, 0.4) is 0 Å². The molecule has 0 aliphatic heterocycles. The largest absolute Gasteiger partial charge is 0.375 e. The number of allylic oxidation sites excluding steroid dienone is 5. The maximum absolute atomic E-state index is 4.57. The summed E-state index contributed by atoms with van der Waals surface area (Å²) in [4.78, 5) is 6.86. The van der Waals surface area contributed by atoms with E-state index in [4.69, 9.17) is 0 Å². The van der Waals surface area contributed by atoms with Gasteiger partial charge in [0, 0.05) is 31.2 Å². The number of fused-ring (bicyclic) bond motifs is 2. The van der Waals surface area contributed by atoms with E-state index in [2.05, 4.69) is 87.1 Å². The fourth-order valence-corrected chi connectivity index (χ4v) is 3.44. The summed E-state index contributed by atoms with van der Waals surface area (Å²) in [6.45, 7) is 10.7. The van der Waals surface area contributed by atoms with E-state index in [9.17, 15) is 0 Å². The van der Waals surface area contributed by atoms with Gasteiger partial charge in [-0.05, 0) is 66.5 Å². The zero-order valence-electron chi connectivity index (χ0n) is 14.9. The standard InChI is InChI=1S/C21H26N2/c1-6-22-17-10-8-15-12-16-9-11-18(23(5)7-2)14-20(16)21(3,4)19(15)13-17/h8-14H,6-7H2,1-5H3. The minimum atomic E-state index is -0.0106. The summed E-state index contributed by atoms with van der Waals surface area (Å²) in [5.41, 5.74) is 7.77. The Hall–Kier alpha value is -2.09. The van der Waals surface area contributed by atoms with Crippen LogP contribution in [0.2, 0.25) is 0 Å². The van der Waals surface area contributed by atoms with Crippen LogP contribution in [0.15, 0.2) is 52.6 Å². The SMILES string of the molecule is CCN=C1C=CC2=Cc3ccc(N(C)CC)cc3C(C)(C)C2=C1. The Bertz CT molecular complexity index is 745. The normalized spacial score (nSPS) is 19.8. The molecule has 0 saturated heterocycles. The van der Waals surface area contributed by atoms with Gasteiger partial charge in [0.15, 0.2) is 0 Å². The van der Waals surface area contributed by atoms with Crippen molar-refractivity contribution in [2.24, 2.45) is 4.99 Å². The van der Waals surface area contributed by atoms with Gasteiger partial charge in [0.2, 0.25) is 0 Å². The molecule has 0 radical (unpaired) electrons. The summed E-state index contributed by atoms with van der Waals surface area (Å²) in [7, 11) is 2.15. The number of hydrogen-bond donors (Lipinski definition) is 0. The molecule has 0 saturated carbocycles. The second kappa shape index (κ2) is 5.84. The highest BCUT2D eigenvalue weighted by Gasteiger charge is 2.34. The van der Waals surface area contributed by atoms with Crippen molar-refractivity contribution in [2.45, 2.75) is 33.1 Å².